The molecule has 0 aromatic heterocycles. The van der Waals surface area contributed by atoms with Crippen LogP contribution in [0.3, 0.4) is 0 Å². The van der Waals surface area contributed by atoms with Crippen LogP contribution < -0.4 is 0 Å². The summed E-state index contributed by atoms with van der Waals surface area (Å²) in [7, 11) is 0. The third-order valence-electron chi connectivity index (χ3n) is 2.50. The number of hydrogen-bond acceptors (Lipinski definition) is 0. The summed E-state index contributed by atoms with van der Waals surface area (Å²) >= 11 is 0. The van der Waals surface area contributed by atoms with Gasteiger partial charge in [0.15, 0.2) is 0 Å². The minimum atomic E-state index is 0. The Hall–Kier alpha value is 0.519. The Balaban J connectivity index is -0.000000125. The molecule has 0 amide bonds. The van der Waals surface area contributed by atoms with Gasteiger partial charge < -0.3 is 14.9 Å². The van der Waals surface area contributed by atoms with Crippen LogP contribution in [-0.4, -0.2) is 0 Å². The maximum Gasteiger partial charge on any atom is 2.00 e. The zero-order valence-electron chi connectivity index (χ0n) is 9.45. The summed E-state index contributed by atoms with van der Waals surface area (Å²) in [5.41, 5.74) is 0. The molecule has 0 N–H and O–H groups in total. The first-order valence-corrected chi connectivity index (χ1v) is 5.00. The first-order valence-electron chi connectivity index (χ1n) is 5.00. The average molecular weight is 225 g/mol. The van der Waals surface area contributed by atoms with E-state index < -0.39 is 0 Å². The van der Waals surface area contributed by atoms with Crippen molar-refractivity contribution in [3.63, 3.8) is 0 Å². The van der Waals surface area contributed by atoms with Crippen molar-refractivity contribution in [3.05, 3.63) is 14.9 Å². The van der Waals surface area contributed by atoms with Crippen molar-refractivity contribution < 1.29 is 17.1 Å². The monoisotopic (exact) mass is 225 g/mol. The molecule has 0 heterocycles. The fraction of sp³-hybridized carbons (Fsp3) is 0.833. The van der Waals surface area contributed by atoms with Gasteiger partial charge in [0.25, 0.3) is 0 Å². The van der Waals surface area contributed by atoms with Crippen molar-refractivity contribution in [2.75, 3.05) is 0 Å². The SMILES string of the molecule is C1CCCC1.C1CCCC1.[CH3-].[CH3-].[Mn+2]. The van der Waals surface area contributed by atoms with Crippen molar-refractivity contribution >= 4 is 0 Å². The van der Waals surface area contributed by atoms with E-state index in [-0.39, 0.29) is 31.9 Å². The molecule has 2 rings (SSSR count). The van der Waals surface area contributed by atoms with E-state index in [0.29, 0.717) is 0 Å². The number of rotatable bonds is 0. The van der Waals surface area contributed by atoms with Gasteiger partial charge in [0.05, 0.1) is 0 Å². The van der Waals surface area contributed by atoms with Gasteiger partial charge in [-0.25, -0.2) is 0 Å². The van der Waals surface area contributed by atoms with Crippen LogP contribution in [0.1, 0.15) is 64.2 Å². The second-order valence-electron chi connectivity index (χ2n) is 3.54. The third kappa shape index (κ3) is 12.5. The molecule has 81 valence electrons. The van der Waals surface area contributed by atoms with Crippen LogP contribution in [0, 0.1) is 14.9 Å². The molecular formula is C12H26Mn. The molecule has 0 aromatic rings. The molecule has 2 aliphatic rings. The Kier molecular flexibility index (Phi) is 22.1. The summed E-state index contributed by atoms with van der Waals surface area (Å²) in [5.74, 6) is 0. The molecule has 2 aliphatic carbocycles. The molecule has 0 bridgehead atoms. The van der Waals surface area contributed by atoms with Gasteiger partial charge in [-0.2, -0.15) is 0 Å². The molecule has 1 radical (unpaired) electrons. The fourth-order valence-electron chi connectivity index (χ4n) is 1.77. The summed E-state index contributed by atoms with van der Waals surface area (Å²) in [6, 6.07) is 0. The van der Waals surface area contributed by atoms with Crippen LogP contribution in [0.15, 0.2) is 0 Å². The van der Waals surface area contributed by atoms with Crippen molar-refractivity contribution in [2.24, 2.45) is 0 Å². The normalized spacial score (nSPS) is 18.5. The Morgan fingerprint density at radius 3 is 0.462 bits per heavy atom. The Morgan fingerprint density at radius 2 is 0.385 bits per heavy atom. The molecular weight excluding hydrogens is 199 g/mol. The second-order valence-corrected chi connectivity index (χ2v) is 3.54. The molecule has 0 nitrogen and oxygen atoms in total. The Bertz CT molecular complexity index is 38.3. The zero-order chi connectivity index (χ0) is 7.07. The predicted octanol–water partition coefficient (Wildman–Crippen LogP) is 4.80. The first kappa shape index (κ1) is 19.1. The molecule has 0 aliphatic heterocycles. The van der Waals surface area contributed by atoms with Crippen molar-refractivity contribution in [1.29, 1.82) is 0 Å². The molecule has 1 heteroatoms. The van der Waals surface area contributed by atoms with Crippen LogP contribution in [0.4, 0.5) is 0 Å². The minimum Gasteiger partial charge on any atom is -0.358 e. The van der Waals surface area contributed by atoms with E-state index in [9.17, 15) is 0 Å². The molecule has 13 heavy (non-hydrogen) atoms. The molecule has 0 atom stereocenters. The van der Waals surface area contributed by atoms with Gasteiger partial charge in [-0.15, -0.1) is 0 Å². The Morgan fingerprint density at radius 1 is 0.308 bits per heavy atom. The predicted molar refractivity (Wildman–Crippen MR) is 59.0 cm³/mol. The molecule has 0 unspecified atom stereocenters. The molecule has 0 saturated heterocycles. The van der Waals surface area contributed by atoms with Gasteiger partial charge in [-0.1, -0.05) is 64.2 Å². The minimum absolute atomic E-state index is 0. The van der Waals surface area contributed by atoms with Crippen molar-refractivity contribution in [3.8, 4) is 0 Å². The largest absolute Gasteiger partial charge is 2.00 e. The van der Waals surface area contributed by atoms with Crippen LogP contribution in [0.2, 0.25) is 0 Å². The topological polar surface area (TPSA) is 0 Å². The quantitative estimate of drug-likeness (QED) is 0.410. The molecule has 0 aromatic carbocycles. The van der Waals surface area contributed by atoms with Gasteiger partial charge >= 0.3 is 17.1 Å². The zero-order valence-corrected chi connectivity index (χ0v) is 10.6. The maximum atomic E-state index is 1.50. The summed E-state index contributed by atoms with van der Waals surface area (Å²) in [4.78, 5) is 0. The first-order chi connectivity index (χ1) is 5.00. The van der Waals surface area contributed by atoms with Crippen molar-refractivity contribution in [1.82, 2.24) is 0 Å². The van der Waals surface area contributed by atoms with Crippen LogP contribution >= 0.6 is 0 Å². The smallest absolute Gasteiger partial charge is 0.358 e. The summed E-state index contributed by atoms with van der Waals surface area (Å²) in [5, 5.41) is 0. The van der Waals surface area contributed by atoms with E-state index in [1.807, 2.05) is 0 Å². The van der Waals surface area contributed by atoms with Gasteiger partial charge in [0.2, 0.25) is 0 Å². The van der Waals surface area contributed by atoms with E-state index in [1.54, 1.807) is 0 Å². The van der Waals surface area contributed by atoms with E-state index in [4.69, 9.17) is 0 Å². The van der Waals surface area contributed by atoms with Crippen LogP contribution in [-0.2, 0) is 17.1 Å². The fourth-order valence-corrected chi connectivity index (χ4v) is 1.77. The molecule has 0 spiro atoms. The van der Waals surface area contributed by atoms with Gasteiger partial charge in [0.1, 0.15) is 0 Å². The second kappa shape index (κ2) is 15.0. The van der Waals surface area contributed by atoms with E-state index in [0.717, 1.165) is 0 Å². The average Bonchev–Trinajstić information content (AvgIpc) is 2.67. The van der Waals surface area contributed by atoms with Crippen LogP contribution in [0.25, 0.3) is 0 Å². The van der Waals surface area contributed by atoms with E-state index >= 15 is 0 Å². The summed E-state index contributed by atoms with van der Waals surface area (Å²) in [6.07, 6.45) is 15.0. The van der Waals surface area contributed by atoms with Gasteiger partial charge in [0, 0.05) is 0 Å². The standard InChI is InChI=1S/2C5H10.2CH3.Mn/c2*1-2-4-5-3-1;;;/h2*1-5H2;2*1H3;/q;;2*-1;+2. The summed E-state index contributed by atoms with van der Waals surface area (Å²) in [6.45, 7) is 0. The Labute approximate surface area is 96.4 Å². The number of hydrogen-bond donors (Lipinski definition) is 0. The maximum absolute atomic E-state index is 1.50. The van der Waals surface area contributed by atoms with E-state index in [2.05, 4.69) is 0 Å². The van der Waals surface area contributed by atoms with Gasteiger partial charge in [-0.05, 0) is 0 Å². The van der Waals surface area contributed by atoms with Crippen molar-refractivity contribution in [2.45, 2.75) is 64.2 Å². The van der Waals surface area contributed by atoms with Gasteiger partial charge in [-0.3, -0.25) is 0 Å². The van der Waals surface area contributed by atoms with E-state index in [1.165, 1.54) is 64.2 Å². The molecule has 2 saturated carbocycles. The molecule has 2 fully saturated rings. The summed E-state index contributed by atoms with van der Waals surface area (Å²) < 4.78 is 0. The third-order valence-corrected chi connectivity index (χ3v) is 2.50. The van der Waals surface area contributed by atoms with Crippen LogP contribution in [0.5, 0.6) is 0 Å².